The SMILES string of the molecule is c1ccc(-c2ccc(-c3ccc(N(c4ccc(-c5cccc6c5-c5ccccc5C6(c5ccccc5)c5ccccc5)cc4)c4ccc(-c5cccc6oc7ccccc7c56)cc4)cc3)c3ccccc23)cc1. The molecule has 73 heavy (non-hydrogen) atoms. The fourth-order valence-electron chi connectivity index (χ4n) is 12.0. The Morgan fingerprint density at radius 3 is 1.27 bits per heavy atom. The van der Waals surface area contributed by atoms with E-state index in [4.69, 9.17) is 4.42 Å². The van der Waals surface area contributed by atoms with E-state index in [1.165, 1.54) is 77.5 Å². The lowest BCUT2D eigenvalue weighted by atomic mass is 9.67. The van der Waals surface area contributed by atoms with E-state index in [1.807, 2.05) is 12.1 Å². The van der Waals surface area contributed by atoms with Crippen LogP contribution in [0.1, 0.15) is 22.3 Å². The van der Waals surface area contributed by atoms with Crippen molar-refractivity contribution in [1.82, 2.24) is 0 Å². The van der Waals surface area contributed by atoms with Gasteiger partial charge in [0.1, 0.15) is 11.2 Å². The highest BCUT2D eigenvalue weighted by Gasteiger charge is 2.46. The summed E-state index contributed by atoms with van der Waals surface area (Å²) in [6, 6.07) is 104. The lowest BCUT2D eigenvalue weighted by Gasteiger charge is -2.34. The van der Waals surface area contributed by atoms with E-state index in [0.29, 0.717) is 0 Å². The average Bonchev–Trinajstić information content (AvgIpc) is 4.01. The third-order valence-corrected chi connectivity index (χ3v) is 15.2. The van der Waals surface area contributed by atoms with Crippen molar-refractivity contribution >= 4 is 49.8 Å². The number of para-hydroxylation sites is 1. The maximum Gasteiger partial charge on any atom is 0.136 e. The molecule has 12 aromatic carbocycles. The molecule has 0 unspecified atom stereocenters. The molecule has 0 aliphatic heterocycles. The van der Waals surface area contributed by atoms with E-state index >= 15 is 0 Å². The minimum absolute atomic E-state index is 0.466. The van der Waals surface area contributed by atoms with E-state index < -0.39 is 5.41 Å². The van der Waals surface area contributed by atoms with Crippen molar-refractivity contribution < 1.29 is 4.42 Å². The second-order valence-corrected chi connectivity index (χ2v) is 19.1. The predicted molar refractivity (Wildman–Crippen MR) is 305 cm³/mol. The zero-order valence-corrected chi connectivity index (χ0v) is 40.0. The van der Waals surface area contributed by atoms with Crippen LogP contribution in [-0.4, -0.2) is 0 Å². The van der Waals surface area contributed by atoms with E-state index in [0.717, 1.165) is 50.1 Å². The van der Waals surface area contributed by atoms with Crippen LogP contribution in [0.3, 0.4) is 0 Å². The van der Waals surface area contributed by atoms with Gasteiger partial charge in [0.2, 0.25) is 0 Å². The van der Waals surface area contributed by atoms with Gasteiger partial charge in [0.15, 0.2) is 0 Å². The molecule has 1 aliphatic carbocycles. The smallest absolute Gasteiger partial charge is 0.136 e. The Balaban J connectivity index is 0.888. The van der Waals surface area contributed by atoms with Gasteiger partial charge >= 0.3 is 0 Å². The van der Waals surface area contributed by atoms with Crippen LogP contribution in [0.4, 0.5) is 17.1 Å². The van der Waals surface area contributed by atoms with E-state index in [1.54, 1.807) is 0 Å². The van der Waals surface area contributed by atoms with Gasteiger partial charge in [-0.1, -0.05) is 237 Å². The Labute approximate surface area is 425 Å². The van der Waals surface area contributed by atoms with Crippen LogP contribution in [0.2, 0.25) is 0 Å². The third kappa shape index (κ3) is 6.87. The summed E-state index contributed by atoms with van der Waals surface area (Å²) >= 11 is 0. The molecule has 0 fully saturated rings. The van der Waals surface area contributed by atoms with Crippen molar-refractivity contribution in [3.05, 3.63) is 307 Å². The molecule has 2 nitrogen and oxygen atoms in total. The van der Waals surface area contributed by atoms with Gasteiger partial charge in [-0.15, -0.1) is 0 Å². The van der Waals surface area contributed by atoms with E-state index in [9.17, 15) is 0 Å². The van der Waals surface area contributed by atoms with Crippen LogP contribution in [0.15, 0.2) is 290 Å². The zero-order chi connectivity index (χ0) is 48.3. The number of anilines is 3. The maximum absolute atomic E-state index is 6.31. The zero-order valence-electron chi connectivity index (χ0n) is 40.0. The lowest BCUT2D eigenvalue weighted by Crippen LogP contribution is -2.28. The van der Waals surface area contributed by atoms with Gasteiger partial charge in [-0.25, -0.2) is 0 Å². The van der Waals surface area contributed by atoms with Crippen molar-refractivity contribution in [1.29, 1.82) is 0 Å². The van der Waals surface area contributed by atoms with Crippen molar-refractivity contribution in [3.63, 3.8) is 0 Å². The molecule has 14 rings (SSSR count). The van der Waals surface area contributed by atoms with Gasteiger partial charge in [0, 0.05) is 27.8 Å². The topological polar surface area (TPSA) is 16.4 Å². The van der Waals surface area contributed by atoms with Gasteiger partial charge in [-0.2, -0.15) is 0 Å². The molecule has 1 aliphatic rings. The van der Waals surface area contributed by atoms with E-state index in [-0.39, 0.29) is 0 Å². The second kappa shape index (κ2) is 17.4. The normalized spacial score (nSPS) is 12.5. The first-order chi connectivity index (χ1) is 36.2. The van der Waals surface area contributed by atoms with Gasteiger partial charge in [0.25, 0.3) is 0 Å². The maximum atomic E-state index is 6.31. The standard InChI is InChI=1S/C71H47NO/c1-4-18-48(19-5-1)57-46-47-58(62-25-11-10-24-61(57)62)49-34-40-54(41-35-49)72(56-44-38-51(39-45-56)60-29-17-33-68-70(60)64-27-13-15-32-67(64)73-68)55-42-36-50(37-43-55)59-28-16-31-66-69(59)63-26-12-14-30-65(63)71(66,52-20-6-2-7-21-52)53-22-8-3-9-23-53/h1-47H. The lowest BCUT2D eigenvalue weighted by molar-refractivity contribution is 0.669. The summed E-state index contributed by atoms with van der Waals surface area (Å²) in [6.45, 7) is 0. The summed E-state index contributed by atoms with van der Waals surface area (Å²) in [6.07, 6.45) is 0. The fourth-order valence-corrected chi connectivity index (χ4v) is 12.0. The number of nitrogens with zero attached hydrogens (tertiary/aromatic N) is 1. The first kappa shape index (κ1) is 42.4. The van der Waals surface area contributed by atoms with Crippen LogP contribution in [0, 0.1) is 0 Å². The minimum Gasteiger partial charge on any atom is -0.456 e. The van der Waals surface area contributed by atoms with Crippen LogP contribution >= 0.6 is 0 Å². The fraction of sp³-hybridized carbons (Fsp3) is 0.0141. The molecule has 13 aromatic rings. The molecule has 342 valence electrons. The Hall–Kier alpha value is -9.50. The molecule has 0 spiro atoms. The average molecular weight is 930 g/mol. The molecule has 0 atom stereocenters. The Bertz CT molecular complexity index is 4120. The summed E-state index contributed by atoms with van der Waals surface area (Å²) in [5.74, 6) is 0. The van der Waals surface area contributed by atoms with Crippen LogP contribution < -0.4 is 4.90 Å². The van der Waals surface area contributed by atoms with Gasteiger partial charge in [-0.05, 0) is 137 Å². The summed E-state index contributed by atoms with van der Waals surface area (Å²) in [7, 11) is 0. The predicted octanol–water partition coefficient (Wildman–Crippen LogP) is 19.2. The minimum atomic E-state index is -0.466. The molecule has 0 saturated carbocycles. The summed E-state index contributed by atoms with van der Waals surface area (Å²) in [5.41, 5.74) is 21.7. The van der Waals surface area contributed by atoms with Crippen molar-refractivity contribution in [2.75, 3.05) is 4.90 Å². The van der Waals surface area contributed by atoms with E-state index in [2.05, 4.69) is 278 Å². The summed E-state index contributed by atoms with van der Waals surface area (Å²) in [5, 5.41) is 4.74. The van der Waals surface area contributed by atoms with Crippen molar-refractivity contribution in [2.45, 2.75) is 5.41 Å². The molecule has 0 N–H and O–H groups in total. The molecule has 0 radical (unpaired) electrons. The van der Waals surface area contributed by atoms with Crippen LogP contribution in [-0.2, 0) is 5.41 Å². The largest absolute Gasteiger partial charge is 0.456 e. The highest BCUT2D eigenvalue weighted by atomic mass is 16.3. The van der Waals surface area contributed by atoms with Crippen LogP contribution in [0.5, 0.6) is 0 Å². The summed E-state index contributed by atoms with van der Waals surface area (Å²) in [4.78, 5) is 2.38. The number of benzene rings is 12. The molecule has 2 heteroatoms. The third-order valence-electron chi connectivity index (χ3n) is 15.2. The van der Waals surface area contributed by atoms with Crippen molar-refractivity contribution in [2.24, 2.45) is 0 Å². The Morgan fingerprint density at radius 1 is 0.260 bits per heavy atom. The first-order valence-electron chi connectivity index (χ1n) is 25.2. The highest BCUT2D eigenvalue weighted by molar-refractivity contribution is 6.12. The second-order valence-electron chi connectivity index (χ2n) is 19.1. The molecule has 0 saturated heterocycles. The Kier molecular flexibility index (Phi) is 10.1. The first-order valence-corrected chi connectivity index (χ1v) is 25.2. The number of hydrogen-bond acceptors (Lipinski definition) is 2. The number of furan rings is 1. The van der Waals surface area contributed by atoms with Gasteiger partial charge in [0.05, 0.1) is 5.41 Å². The van der Waals surface area contributed by atoms with Crippen molar-refractivity contribution in [3.8, 4) is 55.6 Å². The highest BCUT2D eigenvalue weighted by Crippen LogP contribution is 2.58. The molecular weight excluding hydrogens is 883 g/mol. The summed E-state index contributed by atoms with van der Waals surface area (Å²) < 4.78 is 6.31. The molecule has 1 heterocycles. The number of fused-ring (bicyclic) bond motifs is 7. The molecule has 0 bridgehead atoms. The van der Waals surface area contributed by atoms with Gasteiger partial charge < -0.3 is 9.32 Å². The Morgan fingerprint density at radius 2 is 0.671 bits per heavy atom. The number of rotatable bonds is 9. The van der Waals surface area contributed by atoms with Crippen LogP contribution in [0.25, 0.3) is 88.3 Å². The molecule has 1 aromatic heterocycles. The number of hydrogen-bond donors (Lipinski definition) is 0. The van der Waals surface area contributed by atoms with Gasteiger partial charge in [-0.3, -0.25) is 0 Å². The molecule has 0 amide bonds. The molecular formula is C71H47NO. The quantitative estimate of drug-likeness (QED) is 0.143. The monoisotopic (exact) mass is 929 g/mol.